The average molecular weight is 354 g/mol. The van der Waals surface area contributed by atoms with Crippen LogP contribution in [0.15, 0.2) is 54.6 Å². The minimum absolute atomic E-state index is 0.183. The van der Waals surface area contributed by atoms with Crippen molar-refractivity contribution in [1.82, 2.24) is 10.6 Å². The summed E-state index contributed by atoms with van der Waals surface area (Å²) in [5, 5.41) is 4.58. The fourth-order valence-corrected chi connectivity index (χ4v) is 2.16. The Morgan fingerprint density at radius 1 is 1.04 bits per heavy atom. The highest BCUT2D eigenvalue weighted by atomic mass is 16.5. The molecule has 7 heteroatoms. The van der Waals surface area contributed by atoms with Gasteiger partial charge in [0.05, 0.1) is 5.56 Å². The first-order valence-corrected chi connectivity index (χ1v) is 7.95. The van der Waals surface area contributed by atoms with E-state index in [1.807, 2.05) is 0 Å². The van der Waals surface area contributed by atoms with Gasteiger partial charge in [-0.2, -0.15) is 0 Å². The van der Waals surface area contributed by atoms with Crippen LogP contribution < -0.4 is 10.6 Å². The predicted octanol–water partition coefficient (Wildman–Crippen LogP) is 2.24. The molecule has 0 aliphatic carbocycles. The monoisotopic (exact) mass is 354 g/mol. The molecule has 2 aromatic rings. The number of carbonyl (C=O) groups is 4. The molecule has 1 atom stereocenters. The van der Waals surface area contributed by atoms with Gasteiger partial charge in [-0.05, 0) is 19.1 Å². The highest BCUT2D eigenvalue weighted by Crippen LogP contribution is 2.19. The Bertz CT molecular complexity index is 787. The number of carbonyl (C=O) groups excluding carboxylic acids is 4. The largest absolute Gasteiger partial charge is 0.444 e. The van der Waals surface area contributed by atoms with E-state index in [1.54, 1.807) is 37.3 Å². The van der Waals surface area contributed by atoms with Gasteiger partial charge in [0.25, 0.3) is 5.91 Å². The maximum absolute atomic E-state index is 12.4. The fourth-order valence-electron chi connectivity index (χ4n) is 2.16. The zero-order valence-electron chi connectivity index (χ0n) is 14.1. The molecule has 0 aliphatic rings. The van der Waals surface area contributed by atoms with Crippen LogP contribution in [0.1, 0.15) is 39.3 Å². The molecule has 0 unspecified atom stereocenters. The first-order chi connectivity index (χ1) is 12.5. The molecule has 2 aromatic carbocycles. The summed E-state index contributed by atoms with van der Waals surface area (Å²) < 4.78 is 5.32. The van der Waals surface area contributed by atoms with E-state index in [-0.39, 0.29) is 5.56 Å². The lowest BCUT2D eigenvalue weighted by atomic mass is 10.1. The van der Waals surface area contributed by atoms with E-state index < -0.39 is 24.0 Å². The van der Waals surface area contributed by atoms with Crippen molar-refractivity contribution >= 4 is 24.2 Å². The van der Waals surface area contributed by atoms with Gasteiger partial charge in [-0.1, -0.05) is 42.5 Å². The third kappa shape index (κ3) is 5.01. The average Bonchev–Trinajstić information content (AvgIpc) is 2.66. The Hall–Kier alpha value is -3.48. The van der Waals surface area contributed by atoms with Gasteiger partial charge in [0.1, 0.15) is 6.29 Å². The number of urea groups is 1. The van der Waals surface area contributed by atoms with Crippen molar-refractivity contribution in [2.24, 2.45) is 0 Å². The number of imide groups is 1. The van der Waals surface area contributed by atoms with E-state index in [1.165, 1.54) is 24.3 Å². The molecule has 0 bridgehead atoms. The van der Waals surface area contributed by atoms with Crippen molar-refractivity contribution in [2.75, 3.05) is 6.54 Å². The molecule has 7 nitrogen and oxygen atoms in total. The van der Waals surface area contributed by atoms with E-state index in [4.69, 9.17) is 4.74 Å². The molecular formula is C19H18N2O5. The van der Waals surface area contributed by atoms with Gasteiger partial charge in [0, 0.05) is 17.7 Å². The maximum Gasteiger partial charge on any atom is 0.339 e. The Kier molecular flexibility index (Phi) is 6.61. The van der Waals surface area contributed by atoms with Crippen LogP contribution in [0.5, 0.6) is 0 Å². The van der Waals surface area contributed by atoms with Crippen molar-refractivity contribution in [1.29, 1.82) is 0 Å². The van der Waals surface area contributed by atoms with Crippen LogP contribution in [0.4, 0.5) is 4.79 Å². The number of esters is 1. The van der Waals surface area contributed by atoms with Crippen molar-refractivity contribution in [2.45, 2.75) is 13.0 Å². The van der Waals surface area contributed by atoms with Gasteiger partial charge in [0.15, 0.2) is 0 Å². The first-order valence-electron chi connectivity index (χ1n) is 7.95. The van der Waals surface area contributed by atoms with E-state index >= 15 is 0 Å². The van der Waals surface area contributed by atoms with Crippen molar-refractivity contribution in [3.8, 4) is 0 Å². The standard InChI is InChI=1S/C19H18N2O5/c1-2-20-19(25)21-17(23)16(14-6-4-3-5-7-14)26-18(24)15-10-8-13(12-22)9-11-15/h3-12,16H,2H2,1H3,(H2,20,21,23,25)/t16-/m0/s1. The smallest absolute Gasteiger partial charge is 0.339 e. The third-order valence-corrected chi connectivity index (χ3v) is 3.42. The van der Waals surface area contributed by atoms with E-state index in [2.05, 4.69) is 10.6 Å². The molecular weight excluding hydrogens is 336 g/mol. The SMILES string of the molecule is CCNC(=O)NC(=O)[C@@H](OC(=O)c1ccc(C=O)cc1)c1ccccc1. The molecule has 2 N–H and O–H groups in total. The Morgan fingerprint density at radius 3 is 2.27 bits per heavy atom. The fraction of sp³-hybridized carbons (Fsp3) is 0.158. The lowest BCUT2D eigenvalue weighted by molar-refractivity contribution is -0.129. The molecule has 26 heavy (non-hydrogen) atoms. The molecule has 0 saturated heterocycles. The van der Waals surface area contributed by atoms with E-state index in [9.17, 15) is 19.2 Å². The number of hydrogen-bond donors (Lipinski definition) is 2. The summed E-state index contributed by atoms with van der Waals surface area (Å²) in [7, 11) is 0. The summed E-state index contributed by atoms with van der Waals surface area (Å²) in [5.41, 5.74) is 1.02. The molecule has 0 saturated carbocycles. The van der Waals surface area contributed by atoms with Crippen LogP contribution in [-0.4, -0.2) is 30.7 Å². The van der Waals surface area contributed by atoms with Crippen LogP contribution in [-0.2, 0) is 9.53 Å². The van der Waals surface area contributed by atoms with Crippen molar-refractivity contribution in [3.63, 3.8) is 0 Å². The van der Waals surface area contributed by atoms with Gasteiger partial charge in [0.2, 0.25) is 6.10 Å². The lowest BCUT2D eigenvalue weighted by Crippen LogP contribution is -2.42. The summed E-state index contributed by atoms with van der Waals surface area (Å²) in [6, 6.07) is 13.5. The number of ether oxygens (including phenoxy) is 1. The van der Waals surface area contributed by atoms with E-state index in [0.717, 1.165) is 0 Å². The van der Waals surface area contributed by atoms with Gasteiger partial charge in [-0.15, -0.1) is 0 Å². The lowest BCUT2D eigenvalue weighted by Gasteiger charge is -2.17. The minimum Gasteiger partial charge on any atom is -0.444 e. The number of rotatable bonds is 6. The van der Waals surface area contributed by atoms with Crippen LogP contribution in [0.2, 0.25) is 0 Å². The number of aldehydes is 1. The number of nitrogens with one attached hydrogen (secondary N) is 2. The zero-order chi connectivity index (χ0) is 18.9. The molecule has 0 spiro atoms. The second kappa shape index (κ2) is 9.12. The molecule has 134 valence electrons. The highest BCUT2D eigenvalue weighted by Gasteiger charge is 2.27. The second-order valence-corrected chi connectivity index (χ2v) is 5.28. The number of hydrogen-bond acceptors (Lipinski definition) is 5. The summed E-state index contributed by atoms with van der Waals surface area (Å²) in [6.45, 7) is 2.06. The van der Waals surface area contributed by atoms with Gasteiger partial charge in [-0.3, -0.25) is 14.9 Å². The number of amides is 3. The van der Waals surface area contributed by atoms with E-state index in [0.29, 0.717) is 24.0 Å². The van der Waals surface area contributed by atoms with Crippen LogP contribution in [0, 0.1) is 0 Å². The van der Waals surface area contributed by atoms with Gasteiger partial charge < -0.3 is 10.1 Å². The summed E-state index contributed by atoms with van der Waals surface area (Å²) in [4.78, 5) is 47.0. The summed E-state index contributed by atoms with van der Waals surface area (Å²) >= 11 is 0. The molecule has 0 radical (unpaired) electrons. The Morgan fingerprint density at radius 2 is 1.69 bits per heavy atom. The van der Waals surface area contributed by atoms with Gasteiger partial charge in [-0.25, -0.2) is 9.59 Å². The molecule has 3 amide bonds. The van der Waals surface area contributed by atoms with Crippen LogP contribution in [0.25, 0.3) is 0 Å². The van der Waals surface area contributed by atoms with Crippen LogP contribution in [0.3, 0.4) is 0 Å². The summed E-state index contributed by atoms with van der Waals surface area (Å²) in [6.07, 6.45) is -0.640. The quantitative estimate of drug-likeness (QED) is 0.612. The van der Waals surface area contributed by atoms with Crippen molar-refractivity contribution < 1.29 is 23.9 Å². The summed E-state index contributed by atoms with van der Waals surface area (Å²) in [5.74, 6) is -1.51. The maximum atomic E-state index is 12.4. The second-order valence-electron chi connectivity index (χ2n) is 5.28. The number of benzene rings is 2. The molecule has 0 aliphatic heterocycles. The van der Waals surface area contributed by atoms with Gasteiger partial charge >= 0.3 is 12.0 Å². The molecule has 0 aromatic heterocycles. The van der Waals surface area contributed by atoms with Crippen LogP contribution >= 0.6 is 0 Å². The molecule has 2 rings (SSSR count). The molecule has 0 fully saturated rings. The Balaban J connectivity index is 2.20. The third-order valence-electron chi connectivity index (χ3n) is 3.42. The molecule has 0 heterocycles. The zero-order valence-corrected chi connectivity index (χ0v) is 14.1. The first kappa shape index (κ1) is 18.9. The topological polar surface area (TPSA) is 102 Å². The highest BCUT2D eigenvalue weighted by molar-refractivity contribution is 5.99. The predicted molar refractivity (Wildman–Crippen MR) is 93.6 cm³/mol. The Labute approximate surface area is 150 Å². The minimum atomic E-state index is -1.29. The van der Waals surface area contributed by atoms with Crippen molar-refractivity contribution in [3.05, 3.63) is 71.3 Å². The normalized spacial score (nSPS) is 11.1.